The highest BCUT2D eigenvalue weighted by atomic mass is 35.5. The van der Waals surface area contributed by atoms with E-state index in [1.54, 1.807) is 12.1 Å². The van der Waals surface area contributed by atoms with Crippen LogP contribution in [0.1, 0.15) is 37.8 Å². The van der Waals surface area contributed by atoms with Gasteiger partial charge in [-0.05, 0) is 50.3 Å². The highest BCUT2D eigenvalue weighted by molar-refractivity contribution is 5.85. The number of benzene rings is 1. The zero-order valence-electron chi connectivity index (χ0n) is 12.4. The molecule has 4 heteroatoms. The number of hydrogen-bond acceptors (Lipinski definition) is 2. The molecule has 0 aliphatic carbocycles. The summed E-state index contributed by atoms with van der Waals surface area (Å²) in [5.41, 5.74) is 8.01. The molecule has 1 aliphatic rings. The Labute approximate surface area is 127 Å². The van der Waals surface area contributed by atoms with E-state index in [-0.39, 0.29) is 24.3 Å². The highest BCUT2D eigenvalue weighted by Gasteiger charge is 2.23. The quantitative estimate of drug-likeness (QED) is 0.924. The number of aryl methyl sites for hydroxylation is 1. The van der Waals surface area contributed by atoms with Gasteiger partial charge in [-0.15, -0.1) is 12.4 Å². The van der Waals surface area contributed by atoms with Gasteiger partial charge >= 0.3 is 0 Å². The lowest BCUT2D eigenvalue weighted by atomic mass is 9.91. The van der Waals surface area contributed by atoms with E-state index in [0.717, 1.165) is 37.2 Å². The van der Waals surface area contributed by atoms with Gasteiger partial charge in [-0.25, -0.2) is 4.39 Å². The average molecular weight is 301 g/mol. The summed E-state index contributed by atoms with van der Waals surface area (Å²) in [6, 6.07) is 5.64. The lowest BCUT2D eigenvalue weighted by Gasteiger charge is -2.35. The summed E-state index contributed by atoms with van der Waals surface area (Å²) in [4.78, 5) is 2.36. The van der Waals surface area contributed by atoms with Crippen LogP contribution in [0.2, 0.25) is 0 Å². The molecule has 0 bridgehead atoms. The number of nitrogens with zero attached hydrogens (tertiary/aromatic N) is 1. The van der Waals surface area contributed by atoms with E-state index in [0.29, 0.717) is 5.92 Å². The van der Waals surface area contributed by atoms with E-state index in [4.69, 9.17) is 5.73 Å². The molecule has 0 radical (unpaired) electrons. The monoisotopic (exact) mass is 300 g/mol. The second kappa shape index (κ2) is 7.96. The number of rotatable bonds is 4. The van der Waals surface area contributed by atoms with E-state index in [9.17, 15) is 4.39 Å². The average Bonchev–Trinajstić information content (AvgIpc) is 2.41. The van der Waals surface area contributed by atoms with Crippen LogP contribution in [-0.2, 0) is 13.0 Å². The first-order valence-corrected chi connectivity index (χ1v) is 7.36. The van der Waals surface area contributed by atoms with Crippen LogP contribution >= 0.6 is 12.4 Å². The highest BCUT2D eigenvalue weighted by Crippen LogP contribution is 2.23. The maximum Gasteiger partial charge on any atom is 0.127 e. The van der Waals surface area contributed by atoms with E-state index < -0.39 is 0 Å². The molecule has 0 aromatic heterocycles. The molecule has 1 saturated heterocycles. The third kappa shape index (κ3) is 4.18. The molecule has 2 nitrogen and oxygen atoms in total. The number of halogens is 2. The van der Waals surface area contributed by atoms with Gasteiger partial charge in [-0.3, -0.25) is 4.90 Å². The first-order valence-electron chi connectivity index (χ1n) is 7.36. The third-order valence-electron chi connectivity index (χ3n) is 4.26. The first-order chi connectivity index (χ1) is 9.11. The van der Waals surface area contributed by atoms with Crippen LogP contribution < -0.4 is 5.73 Å². The van der Waals surface area contributed by atoms with Crippen LogP contribution in [0.4, 0.5) is 4.39 Å². The predicted molar refractivity (Wildman–Crippen MR) is 84.7 cm³/mol. The van der Waals surface area contributed by atoms with Crippen molar-refractivity contribution >= 4 is 12.4 Å². The predicted octanol–water partition coefficient (Wildman–Crippen LogP) is 3.37. The van der Waals surface area contributed by atoms with E-state index in [2.05, 4.69) is 18.7 Å². The summed E-state index contributed by atoms with van der Waals surface area (Å²) in [7, 11) is 0. The lowest BCUT2D eigenvalue weighted by molar-refractivity contribution is 0.152. The van der Waals surface area contributed by atoms with Gasteiger partial charge in [-0.2, -0.15) is 0 Å². The Balaban J connectivity index is 0.00000200. The maximum absolute atomic E-state index is 14.0. The number of hydrogen-bond donors (Lipinski definition) is 1. The van der Waals surface area contributed by atoms with Gasteiger partial charge in [0.15, 0.2) is 0 Å². The van der Waals surface area contributed by atoms with Crippen molar-refractivity contribution in [1.82, 2.24) is 4.90 Å². The molecule has 1 aromatic carbocycles. The SMILES string of the molecule is CCc1cccc(F)c1CN1CCCC(C(C)N)C1.Cl. The van der Waals surface area contributed by atoms with Crippen molar-refractivity contribution in [2.45, 2.75) is 45.7 Å². The molecule has 114 valence electrons. The van der Waals surface area contributed by atoms with Crippen molar-refractivity contribution < 1.29 is 4.39 Å². The fourth-order valence-electron chi connectivity index (χ4n) is 3.00. The molecule has 1 aromatic rings. The molecule has 2 unspecified atom stereocenters. The molecule has 2 N–H and O–H groups in total. The number of likely N-dealkylation sites (tertiary alicyclic amines) is 1. The number of piperidine rings is 1. The molecule has 20 heavy (non-hydrogen) atoms. The molecule has 0 spiro atoms. The van der Waals surface area contributed by atoms with Crippen LogP contribution in [0, 0.1) is 11.7 Å². The second-order valence-electron chi connectivity index (χ2n) is 5.73. The summed E-state index contributed by atoms with van der Waals surface area (Å²) in [5, 5.41) is 0. The molecule has 2 rings (SSSR count). The van der Waals surface area contributed by atoms with Crippen molar-refractivity contribution in [2.75, 3.05) is 13.1 Å². The van der Waals surface area contributed by atoms with Gasteiger partial charge in [0.1, 0.15) is 5.82 Å². The summed E-state index contributed by atoms with van der Waals surface area (Å²) < 4.78 is 14.0. The minimum atomic E-state index is -0.0673. The second-order valence-corrected chi connectivity index (χ2v) is 5.73. The zero-order chi connectivity index (χ0) is 13.8. The first kappa shape index (κ1) is 17.4. The van der Waals surface area contributed by atoms with Crippen LogP contribution in [-0.4, -0.2) is 24.0 Å². The summed E-state index contributed by atoms with van der Waals surface area (Å²) in [5.74, 6) is 0.480. The Morgan fingerprint density at radius 3 is 2.85 bits per heavy atom. The van der Waals surface area contributed by atoms with Crippen molar-refractivity contribution in [3.63, 3.8) is 0 Å². The molecular weight excluding hydrogens is 275 g/mol. The Hall–Kier alpha value is -0.640. The Morgan fingerprint density at radius 2 is 2.20 bits per heavy atom. The maximum atomic E-state index is 14.0. The molecular formula is C16H26ClFN2. The lowest BCUT2D eigenvalue weighted by Crippen LogP contribution is -2.42. The standard InChI is InChI=1S/C16H25FN2.ClH/c1-3-13-6-4-8-16(17)15(13)11-19-9-5-7-14(10-19)12(2)18;/h4,6,8,12,14H,3,5,7,9-11,18H2,1-2H3;1H. The van der Waals surface area contributed by atoms with Gasteiger partial charge in [0.2, 0.25) is 0 Å². The summed E-state index contributed by atoms with van der Waals surface area (Å²) in [6.07, 6.45) is 3.26. The Kier molecular flexibility index (Phi) is 6.93. The molecule has 1 aliphatic heterocycles. The van der Waals surface area contributed by atoms with E-state index >= 15 is 0 Å². The topological polar surface area (TPSA) is 29.3 Å². The van der Waals surface area contributed by atoms with Crippen molar-refractivity contribution in [3.05, 3.63) is 35.1 Å². The molecule has 1 heterocycles. The van der Waals surface area contributed by atoms with Crippen LogP contribution in [0.5, 0.6) is 0 Å². The molecule has 2 atom stereocenters. The normalized spacial score (nSPS) is 21.3. The van der Waals surface area contributed by atoms with Crippen molar-refractivity contribution in [1.29, 1.82) is 0 Å². The fourth-order valence-corrected chi connectivity index (χ4v) is 3.00. The largest absolute Gasteiger partial charge is 0.328 e. The molecule has 0 saturated carbocycles. The summed E-state index contributed by atoms with van der Waals surface area (Å²) >= 11 is 0. The molecule has 0 amide bonds. The third-order valence-corrected chi connectivity index (χ3v) is 4.26. The Morgan fingerprint density at radius 1 is 1.45 bits per heavy atom. The minimum Gasteiger partial charge on any atom is -0.328 e. The Bertz CT molecular complexity index is 423. The van der Waals surface area contributed by atoms with Gasteiger partial charge in [0, 0.05) is 24.7 Å². The van der Waals surface area contributed by atoms with Gasteiger partial charge in [-0.1, -0.05) is 19.1 Å². The van der Waals surface area contributed by atoms with Crippen molar-refractivity contribution in [2.24, 2.45) is 11.7 Å². The molecule has 1 fully saturated rings. The van der Waals surface area contributed by atoms with Gasteiger partial charge < -0.3 is 5.73 Å². The van der Waals surface area contributed by atoms with Crippen LogP contribution in [0.15, 0.2) is 18.2 Å². The smallest absolute Gasteiger partial charge is 0.127 e. The zero-order valence-corrected chi connectivity index (χ0v) is 13.3. The summed E-state index contributed by atoms with van der Waals surface area (Å²) in [6.45, 7) is 6.93. The van der Waals surface area contributed by atoms with Crippen LogP contribution in [0.3, 0.4) is 0 Å². The number of nitrogens with two attached hydrogens (primary N) is 1. The van der Waals surface area contributed by atoms with Gasteiger partial charge in [0.05, 0.1) is 0 Å². The fraction of sp³-hybridized carbons (Fsp3) is 0.625. The van der Waals surface area contributed by atoms with E-state index in [1.165, 1.54) is 12.8 Å². The van der Waals surface area contributed by atoms with Gasteiger partial charge in [0.25, 0.3) is 0 Å². The van der Waals surface area contributed by atoms with Crippen molar-refractivity contribution in [3.8, 4) is 0 Å². The van der Waals surface area contributed by atoms with Crippen LogP contribution in [0.25, 0.3) is 0 Å². The van der Waals surface area contributed by atoms with E-state index in [1.807, 2.05) is 6.07 Å². The minimum absolute atomic E-state index is 0.